The number of aryl methyl sites for hydroxylation is 2. The van der Waals surface area contributed by atoms with Crippen molar-refractivity contribution in [3.05, 3.63) is 52.9 Å². The molecule has 2 saturated heterocycles. The van der Waals surface area contributed by atoms with Gasteiger partial charge in [0.05, 0.1) is 5.69 Å². The molecule has 1 amide bonds. The number of benzene rings is 1. The average molecular weight is 388 g/mol. The van der Waals surface area contributed by atoms with Crippen LogP contribution in [0.5, 0.6) is 0 Å². The second-order valence-electron chi connectivity index (χ2n) is 8.33. The number of hydrogen-bond acceptors (Lipinski definition) is 3. The quantitative estimate of drug-likeness (QED) is 0.811. The number of piperidine rings is 1. The van der Waals surface area contributed by atoms with Gasteiger partial charge in [-0.15, -0.1) is 0 Å². The van der Waals surface area contributed by atoms with Crippen molar-refractivity contribution in [1.29, 1.82) is 0 Å². The molecule has 5 nitrogen and oxygen atoms in total. The molecule has 0 saturated carbocycles. The van der Waals surface area contributed by atoms with Gasteiger partial charge in [0.1, 0.15) is 5.69 Å². The van der Waals surface area contributed by atoms with Crippen molar-refractivity contribution >= 4 is 5.91 Å². The summed E-state index contributed by atoms with van der Waals surface area (Å²) >= 11 is 0. The highest BCUT2D eigenvalue weighted by atomic mass is 19.2. The number of halogens is 2. The molecule has 0 bridgehead atoms. The van der Waals surface area contributed by atoms with Crippen LogP contribution in [0.3, 0.4) is 0 Å². The molecule has 1 aromatic heterocycles. The number of amides is 1. The summed E-state index contributed by atoms with van der Waals surface area (Å²) in [5.41, 5.74) is 2.34. The summed E-state index contributed by atoms with van der Waals surface area (Å²) < 4.78 is 28.3. The minimum Gasteiger partial charge on any atom is -0.337 e. The Balaban J connectivity index is 1.43. The Bertz CT molecular complexity index is 897. The molecule has 0 radical (unpaired) electrons. The zero-order valence-electron chi connectivity index (χ0n) is 16.4. The Kier molecular flexibility index (Phi) is 4.95. The van der Waals surface area contributed by atoms with E-state index in [-0.39, 0.29) is 11.3 Å². The summed E-state index contributed by atoms with van der Waals surface area (Å²) in [6.07, 6.45) is 3.12. The summed E-state index contributed by atoms with van der Waals surface area (Å²) in [7, 11) is 1.80. The van der Waals surface area contributed by atoms with Gasteiger partial charge in [0, 0.05) is 38.6 Å². The molecule has 2 aliphatic heterocycles. The van der Waals surface area contributed by atoms with Gasteiger partial charge in [0.25, 0.3) is 5.91 Å². The SMILES string of the molecule is Cc1cc(C(=O)N2CCC3(CCCN(Cc4ccc(F)c(F)c4)C3)C2)n(C)n1. The lowest BCUT2D eigenvalue weighted by Crippen LogP contribution is -2.45. The molecule has 0 N–H and O–H groups in total. The van der Waals surface area contributed by atoms with Gasteiger partial charge in [0.15, 0.2) is 11.6 Å². The number of carbonyl (C=O) groups is 1. The van der Waals surface area contributed by atoms with Crippen LogP contribution in [-0.2, 0) is 13.6 Å². The molecular formula is C21H26F2N4O. The lowest BCUT2D eigenvalue weighted by Gasteiger charge is -2.40. The summed E-state index contributed by atoms with van der Waals surface area (Å²) in [6, 6.07) is 5.96. The van der Waals surface area contributed by atoms with E-state index in [9.17, 15) is 13.6 Å². The average Bonchev–Trinajstić information content (AvgIpc) is 3.20. The topological polar surface area (TPSA) is 41.4 Å². The smallest absolute Gasteiger partial charge is 0.272 e. The molecule has 28 heavy (non-hydrogen) atoms. The van der Waals surface area contributed by atoms with Crippen molar-refractivity contribution in [2.24, 2.45) is 12.5 Å². The summed E-state index contributed by atoms with van der Waals surface area (Å²) in [4.78, 5) is 17.2. The van der Waals surface area contributed by atoms with E-state index < -0.39 is 11.6 Å². The summed E-state index contributed by atoms with van der Waals surface area (Å²) in [5, 5.41) is 4.28. The number of rotatable bonds is 3. The Morgan fingerprint density at radius 3 is 2.68 bits per heavy atom. The minimum absolute atomic E-state index is 0.0395. The van der Waals surface area contributed by atoms with Crippen LogP contribution in [0.2, 0.25) is 0 Å². The Morgan fingerprint density at radius 1 is 1.14 bits per heavy atom. The second kappa shape index (κ2) is 7.28. The van der Waals surface area contributed by atoms with Crippen LogP contribution in [0.25, 0.3) is 0 Å². The molecule has 0 aliphatic carbocycles. The molecule has 1 spiro atoms. The molecule has 2 aliphatic rings. The monoisotopic (exact) mass is 388 g/mol. The van der Waals surface area contributed by atoms with E-state index in [1.807, 2.05) is 17.9 Å². The predicted octanol–water partition coefficient (Wildman–Crippen LogP) is 3.14. The van der Waals surface area contributed by atoms with Crippen LogP contribution in [0, 0.1) is 24.0 Å². The lowest BCUT2D eigenvalue weighted by atomic mass is 9.79. The van der Waals surface area contributed by atoms with Crippen LogP contribution in [0.4, 0.5) is 8.78 Å². The molecule has 2 fully saturated rings. The first kappa shape index (κ1) is 19.1. The van der Waals surface area contributed by atoms with Crippen molar-refractivity contribution in [1.82, 2.24) is 19.6 Å². The number of nitrogens with zero attached hydrogens (tertiary/aromatic N) is 4. The second-order valence-corrected chi connectivity index (χ2v) is 8.33. The number of hydrogen-bond donors (Lipinski definition) is 0. The van der Waals surface area contributed by atoms with Gasteiger partial charge >= 0.3 is 0 Å². The zero-order chi connectivity index (χ0) is 19.9. The zero-order valence-corrected chi connectivity index (χ0v) is 16.4. The Labute approximate surface area is 163 Å². The van der Waals surface area contributed by atoms with Crippen molar-refractivity contribution < 1.29 is 13.6 Å². The van der Waals surface area contributed by atoms with Gasteiger partial charge in [-0.2, -0.15) is 5.10 Å². The maximum Gasteiger partial charge on any atom is 0.272 e. The van der Waals surface area contributed by atoms with Gasteiger partial charge in [-0.05, 0) is 56.5 Å². The first-order valence-corrected chi connectivity index (χ1v) is 9.81. The highest BCUT2D eigenvalue weighted by molar-refractivity contribution is 5.93. The largest absolute Gasteiger partial charge is 0.337 e. The summed E-state index contributed by atoms with van der Waals surface area (Å²) in [6.45, 7) is 5.80. The molecule has 4 rings (SSSR count). The molecule has 1 atom stereocenters. The normalized spacial score (nSPS) is 22.9. The van der Waals surface area contributed by atoms with Gasteiger partial charge < -0.3 is 4.90 Å². The van der Waals surface area contributed by atoms with E-state index in [1.54, 1.807) is 17.8 Å². The van der Waals surface area contributed by atoms with E-state index in [2.05, 4.69) is 10.00 Å². The minimum atomic E-state index is -0.811. The fourth-order valence-electron chi connectivity index (χ4n) is 4.76. The van der Waals surface area contributed by atoms with E-state index >= 15 is 0 Å². The molecule has 150 valence electrons. The summed E-state index contributed by atoms with van der Waals surface area (Å²) in [5.74, 6) is -1.57. The number of aromatic nitrogens is 2. The molecule has 1 unspecified atom stereocenters. The van der Waals surface area contributed by atoms with Gasteiger partial charge in [0.2, 0.25) is 0 Å². The fraction of sp³-hybridized carbons (Fsp3) is 0.524. The third kappa shape index (κ3) is 3.68. The Hall–Kier alpha value is -2.28. The van der Waals surface area contributed by atoms with Gasteiger partial charge in [-0.3, -0.25) is 14.4 Å². The first-order chi connectivity index (χ1) is 13.3. The van der Waals surface area contributed by atoms with E-state index in [0.717, 1.165) is 56.7 Å². The first-order valence-electron chi connectivity index (χ1n) is 9.81. The number of likely N-dealkylation sites (tertiary alicyclic amines) is 2. The number of carbonyl (C=O) groups excluding carboxylic acids is 1. The van der Waals surface area contributed by atoms with Crippen LogP contribution in [-0.4, -0.2) is 51.7 Å². The van der Waals surface area contributed by atoms with Crippen molar-refractivity contribution in [3.63, 3.8) is 0 Å². The van der Waals surface area contributed by atoms with Crippen LogP contribution in [0.1, 0.15) is 41.0 Å². The Morgan fingerprint density at radius 2 is 1.96 bits per heavy atom. The molecule has 1 aromatic carbocycles. The van der Waals surface area contributed by atoms with E-state index in [4.69, 9.17) is 0 Å². The maximum absolute atomic E-state index is 13.5. The molecule has 2 aromatic rings. The fourth-order valence-corrected chi connectivity index (χ4v) is 4.76. The highest BCUT2D eigenvalue weighted by Crippen LogP contribution is 2.39. The molecular weight excluding hydrogens is 362 g/mol. The van der Waals surface area contributed by atoms with Crippen LogP contribution >= 0.6 is 0 Å². The molecule has 7 heteroatoms. The molecule has 3 heterocycles. The van der Waals surface area contributed by atoms with Crippen molar-refractivity contribution in [2.75, 3.05) is 26.2 Å². The third-order valence-electron chi connectivity index (χ3n) is 6.08. The predicted molar refractivity (Wildman–Crippen MR) is 102 cm³/mol. The van der Waals surface area contributed by atoms with E-state index in [1.165, 1.54) is 12.1 Å². The van der Waals surface area contributed by atoms with Crippen LogP contribution < -0.4 is 0 Å². The third-order valence-corrected chi connectivity index (χ3v) is 6.08. The van der Waals surface area contributed by atoms with E-state index in [0.29, 0.717) is 12.2 Å². The lowest BCUT2D eigenvalue weighted by molar-refractivity contribution is 0.0667. The maximum atomic E-state index is 13.5. The highest BCUT2D eigenvalue weighted by Gasteiger charge is 2.43. The van der Waals surface area contributed by atoms with Crippen molar-refractivity contribution in [3.8, 4) is 0 Å². The van der Waals surface area contributed by atoms with Gasteiger partial charge in [-0.1, -0.05) is 6.07 Å². The van der Waals surface area contributed by atoms with Gasteiger partial charge in [-0.25, -0.2) is 8.78 Å². The van der Waals surface area contributed by atoms with Crippen molar-refractivity contribution in [2.45, 2.75) is 32.7 Å². The van der Waals surface area contributed by atoms with Crippen LogP contribution in [0.15, 0.2) is 24.3 Å². The standard InChI is InChI=1S/C21H26F2N4O/c1-15-10-19(25(2)24-15)20(28)27-9-7-21(14-27)6-3-8-26(13-21)12-16-4-5-17(22)18(23)11-16/h4-5,10-11H,3,6-9,12-14H2,1-2H3.